The van der Waals surface area contributed by atoms with E-state index in [9.17, 15) is 9.59 Å². The third kappa shape index (κ3) is 4.77. The Hall–Kier alpha value is -1.96. The van der Waals surface area contributed by atoms with Gasteiger partial charge in [-0.25, -0.2) is 4.98 Å². The highest BCUT2D eigenvalue weighted by molar-refractivity contribution is 5.88. The maximum Gasteiger partial charge on any atom is 0.242 e. The van der Waals surface area contributed by atoms with Gasteiger partial charge in [-0.15, -0.1) is 0 Å². The van der Waals surface area contributed by atoms with E-state index in [1.54, 1.807) is 12.7 Å². The number of piperidine rings is 1. The lowest BCUT2D eigenvalue weighted by Crippen LogP contribution is -2.50. The van der Waals surface area contributed by atoms with Crippen molar-refractivity contribution in [3.63, 3.8) is 0 Å². The fraction of sp³-hybridized carbons (Fsp3) is 0.750. The second kappa shape index (κ2) is 8.23. The summed E-state index contributed by atoms with van der Waals surface area (Å²) in [7, 11) is 0. The summed E-state index contributed by atoms with van der Waals surface area (Å²) in [6.07, 6.45) is 8.18. The van der Waals surface area contributed by atoms with Gasteiger partial charge < -0.3 is 10.6 Å². The second-order valence-corrected chi connectivity index (χ2v) is 6.77. The topological polar surface area (TPSA) is 92.2 Å². The average Bonchev–Trinajstić information content (AvgIpc) is 2.98. The number of amides is 2. The first-order valence-corrected chi connectivity index (χ1v) is 8.82. The lowest BCUT2D eigenvalue weighted by Gasteiger charge is -2.32. The molecular formula is C16H26N6O2. The molecule has 1 aromatic heterocycles. The second-order valence-electron chi connectivity index (χ2n) is 6.77. The molecule has 1 aromatic rings. The highest BCUT2D eigenvalue weighted by Crippen LogP contribution is 2.17. The Kier molecular flexibility index (Phi) is 5.79. The molecule has 0 spiro atoms. The number of nitrogens with zero attached hydrogens (tertiary/aromatic N) is 4. The molecule has 0 aromatic carbocycles. The van der Waals surface area contributed by atoms with Gasteiger partial charge in [-0.1, -0.05) is 0 Å². The lowest BCUT2D eigenvalue weighted by atomic mass is 9.98. The van der Waals surface area contributed by atoms with Crippen LogP contribution in [-0.2, 0) is 16.1 Å². The van der Waals surface area contributed by atoms with Crippen LogP contribution in [0.2, 0.25) is 0 Å². The van der Waals surface area contributed by atoms with Gasteiger partial charge in [0.05, 0.1) is 6.54 Å². The molecule has 2 aliphatic heterocycles. The quantitative estimate of drug-likeness (QED) is 0.776. The molecule has 0 unspecified atom stereocenters. The summed E-state index contributed by atoms with van der Waals surface area (Å²) < 4.78 is 1.85. The summed E-state index contributed by atoms with van der Waals surface area (Å²) in [4.78, 5) is 30.4. The predicted molar refractivity (Wildman–Crippen MR) is 88.0 cm³/mol. The number of rotatable bonds is 5. The Morgan fingerprint density at radius 3 is 3.08 bits per heavy atom. The SMILES string of the molecule is O=C(CN1CCC[C@@H](Cn2cncn2)C1)N[C@@H]1CCCCNC1=O. The van der Waals surface area contributed by atoms with Crippen LogP contribution in [-0.4, -0.2) is 63.7 Å². The molecule has 0 saturated carbocycles. The smallest absolute Gasteiger partial charge is 0.242 e. The Morgan fingerprint density at radius 1 is 1.33 bits per heavy atom. The summed E-state index contributed by atoms with van der Waals surface area (Å²) in [6, 6.07) is -0.379. The Bertz CT molecular complexity index is 547. The molecule has 2 N–H and O–H groups in total. The third-order valence-electron chi connectivity index (χ3n) is 4.75. The van der Waals surface area contributed by atoms with Crippen molar-refractivity contribution in [1.29, 1.82) is 0 Å². The molecule has 132 valence electrons. The summed E-state index contributed by atoms with van der Waals surface area (Å²) in [6.45, 7) is 3.71. The molecule has 2 aliphatic rings. The van der Waals surface area contributed by atoms with Crippen LogP contribution in [0.15, 0.2) is 12.7 Å². The van der Waals surface area contributed by atoms with Gasteiger partial charge in [0.25, 0.3) is 0 Å². The molecule has 0 bridgehead atoms. The molecule has 3 rings (SSSR count). The summed E-state index contributed by atoms with van der Waals surface area (Å²) >= 11 is 0. The van der Waals surface area contributed by atoms with Crippen LogP contribution >= 0.6 is 0 Å². The Morgan fingerprint density at radius 2 is 2.25 bits per heavy atom. The van der Waals surface area contributed by atoms with Crippen molar-refractivity contribution in [1.82, 2.24) is 30.3 Å². The van der Waals surface area contributed by atoms with E-state index in [1.165, 1.54) is 0 Å². The van der Waals surface area contributed by atoms with Crippen molar-refractivity contribution in [2.45, 2.75) is 44.7 Å². The van der Waals surface area contributed by atoms with Crippen molar-refractivity contribution in [2.24, 2.45) is 5.92 Å². The lowest BCUT2D eigenvalue weighted by molar-refractivity contribution is -0.129. The minimum atomic E-state index is -0.379. The molecule has 8 nitrogen and oxygen atoms in total. The van der Waals surface area contributed by atoms with Crippen LogP contribution in [0.5, 0.6) is 0 Å². The van der Waals surface area contributed by atoms with Crippen molar-refractivity contribution >= 4 is 11.8 Å². The highest BCUT2D eigenvalue weighted by Gasteiger charge is 2.25. The fourth-order valence-electron chi connectivity index (χ4n) is 3.56. The number of carbonyl (C=O) groups is 2. The van der Waals surface area contributed by atoms with Crippen molar-refractivity contribution < 1.29 is 9.59 Å². The molecule has 2 fully saturated rings. The van der Waals surface area contributed by atoms with Gasteiger partial charge in [0.15, 0.2) is 0 Å². The Labute approximate surface area is 142 Å². The van der Waals surface area contributed by atoms with Crippen molar-refractivity contribution in [2.75, 3.05) is 26.2 Å². The van der Waals surface area contributed by atoms with Gasteiger partial charge in [-0.2, -0.15) is 5.10 Å². The molecule has 0 aliphatic carbocycles. The predicted octanol–water partition coefficient (Wildman–Crippen LogP) is -0.225. The van der Waals surface area contributed by atoms with E-state index in [4.69, 9.17) is 0 Å². The molecule has 2 saturated heterocycles. The number of hydrogen-bond acceptors (Lipinski definition) is 5. The number of carbonyl (C=O) groups excluding carboxylic acids is 2. The zero-order chi connectivity index (χ0) is 16.8. The zero-order valence-corrected chi connectivity index (χ0v) is 14.0. The van der Waals surface area contributed by atoms with E-state index < -0.39 is 0 Å². The molecule has 2 amide bonds. The molecular weight excluding hydrogens is 308 g/mol. The standard InChI is InChI=1S/C16H26N6O2/c23-15(20-14-5-1-2-6-18-16(14)24)10-21-7-3-4-13(8-21)9-22-12-17-11-19-22/h11-14H,1-10H2,(H,18,24)(H,20,23)/t13-,14-/m1/s1. The van der Waals surface area contributed by atoms with Crippen LogP contribution in [0.1, 0.15) is 32.1 Å². The molecule has 8 heteroatoms. The van der Waals surface area contributed by atoms with E-state index in [0.29, 0.717) is 19.0 Å². The van der Waals surface area contributed by atoms with E-state index in [2.05, 4.69) is 25.6 Å². The number of likely N-dealkylation sites (tertiary alicyclic amines) is 1. The van der Waals surface area contributed by atoms with Crippen LogP contribution in [0.25, 0.3) is 0 Å². The number of hydrogen-bond donors (Lipinski definition) is 2. The maximum absolute atomic E-state index is 12.3. The number of nitrogens with one attached hydrogen (secondary N) is 2. The van der Waals surface area contributed by atoms with Gasteiger partial charge in [0.2, 0.25) is 11.8 Å². The summed E-state index contributed by atoms with van der Waals surface area (Å²) in [5, 5.41) is 9.90. The van der Waals surface area contributed by atoms with Crippen LogP contribution < -0.4 is 10.6 Å². The Balaban J connectivity index is 1.45. The first-order valence-electron chi connectivity index (χ1n) is 8.82. The molecule has 3 heterocycles. The number of aromatic nitrogens is 3. The van der Waals surface area contributed by atoms with Gasteiger partial charge >= 0.3 is 0 Å². The fourth-order valence-corrected chi connectivity index (χ4v) is 3.56. The van der Waals surface area contributed by atoms with Gasteiger partial charge in [-0.3, -0.25) is 19.2 Å². The van der Waals surface area contributed by atoms with Gasteiger partial charge in [0.1, 0.15) is 18.7 Å². The molecule has 2 atom stereocenters. The molecule has 24 heavy (non-hydrogen) atoms. The third-order valence-corrected chi connectivity index (χ3v) is 4.75. The first kappa shape index (κ1) is 16.9. The van der Waals surface area contributed by atoms with Crippen molar-refractivity contribution in [3.05, 3.63) is 12.7 Å². The van der Waals surface area contributed by atoms with Gasteiger partial charge in [0, 0.05) is 19.6 Å². The van der Waals surface area contributed by atoms with E-state index >= 15 is 0 Å². The monoisotopic (exact) mass is 334 g/mol. The first-order chi connectivity index (χ1) is 11.7. The highest BCUT2D eigenvalue weighted by atomic mass is 16.2. The summed E-state index contributed by atoms with van der Waals surface area (Å²) in [5.41, 5.74) is 0. The minimum absolute atomic E-state index is 0.0523. The maximum atomic E-state index is 12.3. The van der Waals surface area contributed by atoms with E-state index in [1.807, 2.05) is 4.68 Å². The normalized spacial score (nSPS) is 25.8. The average molecular weight is 334 g/mol. The van der Waals surface area contributed by atoms with E-state index in [-0.39, 0.29) is 17.9 Å². The minimum Gasteiger partial charge on any atom is -0.354 e. The summed E-state index contributed by atoms with van der Waals surface area (Å²) in [5.74, 6) is 0.372. The van der Waals surface area contributed by atoms with Gasteiger partial charge in [-0.05, 0) is 44.6 Å². The molecule has 0 radical (unpaired) electrons. The largest absolute Gasteiger partial charge is 0.354 e. The zero-order valence-electron chi connectivity index (χ0n) is 14.0. The van der Waals surface area contributed by atoms with Crippen LogP contribution in [0.4, 0.5) is 0 Å². The van der Waals surface area contributed by atoms with Crippen LogP contribution in [0.3, 0.4) is 0 Å². The van der Waals surface area contributed by atoms with Crippen LogP contribution in [0, 0.1) is 5.92 Å². The van der Waals surface area contributed by atoms with Crippen molar-refractivity contribution in [3.8, 4) is 0 Å². The van der Waals surface area contributed by atoms with E-state index in [0.717, 1.165) is 51.7 Å².